The zero-order valence-corrected chi connectivity index (χ0v) is 11.7. The maximum atomic E-state index is 5.63. The van der Waals surface area contributed by atoms with E-state index in [1.54, 1.807) is 11.3 Å². The van der Waals surface area contributed by atoms with Crippen molar-refractivity contribution in [3.8, 4) is 0 Å². The van der Waals surface area contributed by atoms with E-state index in [9.17, 15) is 0 Å². The van der Waals surface area contributed by atoms with Gasteiger partial charge in [0, 0.05) is 34.7 Å². The van der Waals surface area contributed by atoms with Crippen LogP contribution in [0.5, 0.6) is 0 Å². The van der Waals surface area contributed by atoms with Crippen LogP contribution in [0.25, 0.3) is 10.1 Å². The van der Waals surface area contributed by atoms with Crippen molar-refractivity contribution in [2.24, 2.45) is 5.73 Å². The zero-order valence-electron chi connectivity index (χ0n) is 10.8. The summed E-state index contributed by atoms with van der Waals surface area (Å²) < 4.78 is 1.32. The first-order valence-corrected chi connectivity index (χ1v) is 7.16. The SMILES string of the molecule is CN(c1ccc(CN)cc1)c1csc2ccccc12. The number of fused-ring (bicyclic) bond motifs is 1. The van der Waals surface area contributed by atoms with E-state index in [0.717, 1.165) is 5.56 Å². The summed E-state index contributed by atoms with van der Waals surface area (Å²) in [4.78, 5) is 2.22. The van der Waals surface area contributed by atoms with Gasteiger partial charge < -0.3 is 10.6 Å². The molecule has 2 aromatic carbocycles. The standard InChI is InChI=1S/C16H16N2S/c1-18(13-8-6-12(10-17)7-9-13)15-11-19-16-5-3-2-4-14(15)16/h2-9,11H,10,17H2,1H3. The number of benzene rings is 2. The van der Waals surface area contributed by atoms with Crippen molar-refractivity contribution in [2.45, 2.75) is 6.54 Å². The maximum absolute atomic E-state index is 5.63. The second-order valence-electron chi connectivity index (χ2n) is 4.55. The summed E-state index contributed by atoms with van der Waals surface area (Å²) >= 11 is 1.78. The fraction of sp³-hybridized carbons (Fsp3) is 0.125. The van der Waals surface area contributed by atoms with Gasteiger partial charge in [-0.25, -0.2) is 0 Å². The second-order valence-corrected chi connectivity index (χ2v) is 5.46. The van der Waals surface area contributed by atoms with Gasteiger partial charge in [-0.3, -0.25) is 0 Å². The first-order valence-electron chi connectivity index (χ1n) is 6.28. The van der Waals surface area contributed by atoms with E-state index >= 15 is 0 Å². The molecular formula is C16H16N2S. The molecule has 2 nitrogen and oxygen atoms in total. The van der Waals surface area contributed by atoms with Gasteiger partial charge in [-0.15, -0.1) is 11.3 Å². The van der Waals surface area contributed by atoms with Crippen LogP contribution in [0.3, 0.4) is 0 Å². The van der Waals surface area contributed by atoms with E-state index in [-0.39, 0.29) is 0 Å². The van der Waals surface area contributed by atoms with Crippen molar-refractivity contribution in [1.82, 2.24) is 0 Å². The zero-order chi connectivity index (χ0) is 13.2. The predicted octanol–water partition coefficient (Wildman–Crippen LogP) is 4.13. The summed E-state index contributed by atoms with van der Waals surface area (Å²) in [6.07, 6.45) is 0. The monoisotopic (exact) mass is 268 g/mol. The molecule has 3 rings (SSSR count). The Kier molecular flexibility index (Phi) is 3.23. The van der Waals surface area contributed by atoms with Crippen molar-refractivity contribution >= 4 is 32.8 Å². The molecule has 0 unspecified atom stereocenters. The van der Waals surface area contributed by atoms with Crippen LogP contribution in [0.15, 0.2) is 53.9 Å². The maximum Gasteiger partial charge on any atom is 0.0596 e. The lowest BCUT2D eigenvalue weighted by Gasteiger charge is -2.19. The van der Waals surface area contributed by atoms with Crippen LogP contribution in [0, 0.1) is 0 Å². The Hall–Kier alpha value is -1.84. The molecule has 0 fully saturated rings. The Morgan fingerprint density at radius 3 is 2.53 bits per heavy atom. The number of thiophene rings is 1. The molecule has 3 heteroatoms. The van der Waals surface area contributed by atoms with Crippen molar-refractivity contribution in [3.63, 3.8) is 0 Å². The average Bonchev–Trinajstić information content (AvgIpc) is 2.90. The lowest BCUT2D eigenvalue weighted by Crippen LogP contribution is -2.08. The van der Waals surface area contributed by atoms with Gasteiger partial charge in [-0.05, 0) is 23.8 Å². The number of nitrogens with two attached hydrogens (primary N) is 1. The van der Waals surface area contributed by atoms with Crippen molar-refractivity contribution in [2.75, 3.05) is 11.9 Å². The highest BCUT2D eigenvalue weighted by Crippen LogP contribution is 2.35. The third-order valence-corrected chi connectivity index (χ3v) is 4.33. The Morgan fingerprint density at radius 2 is 1.79 bits per heavy atom. The van der Waals surface area contributed by atoms with Gasteiger partial charge in [0.2, 0.25) is 0 Å². The summed E-state index contributed by atoms with van der Waals surface area (Å²) in [6.45, 7) is 0.589. The topological polar surface area (TPSA) is 29.3 Å². The Labute approximate surface area is 117 Å². The molecule has 0 spiro atoms. The molecule has 0 aliphatic carbocycles. The summed E-state index contributed by atoms with van der Waals surface area (Å²) in [5.74, 6) is 0. The van der Waals surface area contributed by atoms with Crippen LogP contribution in [0.2, 0.25) is 0 Å². The number of hydrogen-bond donors (Lipinski definition) is 1. The van der Waals surface area contributed by atoms with Crippen molar-refractivity contribution in [3.05, 3.63) is 59.5 Å². The Balaban J connectivity index is 2.00. The minimum atomic E-state index is 0.589. The molecule has 0 bridgehead atoms. The minimum Gasteiger partial charge on any atom is -0.343 e. The van der Waals surface area contributed by atoms with E-state index < -0.39 is 0 Å². The van der Waals surface area contributed by atoms with E-state index in [2.05, 4.69) is 65.9 Å². The number of anilines is 2. The first kappa shape index (κ1) is 12.2. The van der Waals surface area contributed by atoms with Gasteiger partial charge in [-0.2, -0.15) is 0 Å². The molecule has 0 saturated heterocycles. The third-order valence-electron chi connectivity index (χ3n) is 3.38. The fourth-order valence-corrected chi connectivity index (χ4v) is 3.20. The first-order chi connectivity index (χ1) is 9.29. The normalized spacial score (nSPS) is 10.8. The van der Waals surface area contributed by atoms with Crippen LogP contribution in [-0.2, 0) is 6.54 Å². The van der Waals surface area contributed by atoms with Crippen molar-refractivity contribution < 1.29 is 0 Å². The Morgan fingerprint density at radius 1 is 1.05 bits per heavy atom. The smallest absolute Gasteiger partial charge is 0.0596 e. The van der Waals surface area contributed by atoms with Crippen LogP contribution >= 0.6 is 11.3 Å². The minimum absolute atomic E-state index is 0.589. The molecule has 0 amide bonds. The molecule has 0 atom stereocenters. The van der Waals surface area contributed by atoms with Gasteiger partial charge in [-0.1, -0.05) is 30.3 Å². The molecule has 1 heterocycles. The summed E-state index contributed by atoms with van der Waals surface area (Å²) in [7, 11) is 2.10. The van der Waals surface area contributed by atoms with E-state index in [0.29, 0.717) is 6.54 Å². The van der Waals surface area contributed by atoms with Gasteiger partial charge >= 0.3 is 0 Å². The highest BCUT2D eigenvalue weighted by Gasteiger charge is 2.09. The molecule has 0 radical (unpaired) electrons. The Bertz CT molecular complexity index is 685. The van der Waals surface area contributed by atoms with E-state index in [1.165, 1.54) is 21.5 Å². The second kappa shape index (κ2) is 5.03. The number of hydrogen-bond acceptors (Lipinski definition) is 3. The van der Waals surface area contributed by atoms with Crippen LogP contribution in [-0.4, -0.2) is 7.05 Å². The van der Waals surface area contributed by atoms with Gasteiger partial charge in [0.15, 0.2) is 0 Å². The van der Waals surface area contributed by atoms with E-state index in [4.69, 9.17) is 5.73 Å². The molecular weight excluding hydrogens is 252 g/mol. The average molecular weight is 268 g/mol. The van der Waals surface area contributed by atoms with Crippen LogP contribution < -0.4 is 10.6 Å². The molecule has 0 aliphatic rings. The molecule has 2 N–H and O–H groups in total. The van der Waals surface area contributed by atoms with Gasteiger partial charge in [0.1, 0.15) is 0 Å². The molecule has 1 aromatic heterocycles. The summed E-state index contributed by atoms with van der Waals surface area (Å²) in [5.41, 5.74) is 9.22. The van der Waals surface area contributed by atoms with Crippen LogP contribution in [0.1, 0.15) is 5.56 Å². The van der Waals surface area contributed by atoms with Crippen LogP contribution in [0.4, 0.5) is 11.4 Å². The summed E-state index contributed by atoms with van der Waals surface area (Å²) in [5, 5.41) is 3.51. The largest absolute Gasteiger partial charge is 0.343 e. The molecule has 0 saturated carbocycles. The lowest BCUT2D eigenvalue weighted by molar-refractivity contribution is 1.07. The quantitative estimate of drug-likeness (QED) is 0.774. The van der Waals surface area contributed by atoms with Crippen molar-refractivity contribution in [1.29, 1.82) is 0 Å². The summed E-state index contributed by atoms with van der Waals surface area (Å²) in [6, 6.07) is 16.9. The highest BCUT2D eigenvalue weighted by molar-refractivity contribution is 7.17. The lowest BCUT2D eigenvalue weighted by atomic mass is 10.2. The van der Waals surface area contributed by atoms with E-state index in [1.807, 2.05) is 0 Å². The molecule has 19 heavy (non-hydrogen) atoms. The number of rotatable bonds is 3. The molecule has 0 aliphatic heterocycles. The van der Waals surface area contributed by atoms with Gasteiger partial charge in [0.25, 0.3) is 0 Å². The van der Waals surface area contributed by atoms with Gasteiger partial charge in [0.05, 0.1) is 5.69 Å². The predicted molar refractivity (Wildman–Crippen MR) is 84.2 cm³/mol. The fourth-order valence-electron chi connectivity index (χ4n) is 2.22. The molecule has 96 valence electrons. The highest BCUT2D eigenvalue weighted by atomic mass is 32.1. The third kappa shape index (κ3) is 2.23. The number of nitrogens with zero attached hydrogens (tertiary/aromatic N) is 1. The molecule has 3 aromatic rings.